The minimum Gasteiger partial charge on any atom is -0.355 e. The molecule has 0 radical (unpaired) electrons. The van der Waals surface area contributed by atoms with Gasteiger partial charge in [0.1, 0.15) is 11.4 Å². The van der Waals surface area contributed by atoms with Crippen LogP contribution in [-0.2, 0) is 14.8 Å². The van der Waals surface area contributed by atoms with Gasteiger partial charge >= 0.3 is 6.03 Å². The predicted octanol–water partition coefficient (Wildman–Crippen LogP) is 3.36. The molecule has 2 aromatic rings. The number of nitrogens with one attached hydrogen (secondary N) is 1. The van der Waals surface area contributed by atoms with E-state index in [0.717, 1.165) is 22.7 Å². The minimum absolute atomic E-state index is 0.000864. The summed E-state index contributed by atoms with van der Waals surface area (Å²) < 4.78 is 27.3. The summed E-state index contributed by atoms with van der Waals surface area (Å²) >= 11 is 0. The fraction of sp³-hybridized carbons (Fsp3) is 0.333. The Morgan fingerprint density at radius 1 is 1.07 bits per heavy atom. The van der Waals surface area contributed by atoms with E-state index < -0.39 is 16.1 Å². The lowest BCUT2D eigenvalue weighted by Gasteiger charge is -2.36. The number of hydrogen-bond donors (Lipinski definition) is 1. The normalized spacial score (nSPS) is 15.2. The highest BCUT2D eigenvalue weighted by atomic mass is 32.2. The first-order valence-corrected chi connectivity index (χ1v) is 11.0. The molecule has 7 nitrogen and oxygen atoms in total. The topological polar surface area (TPSA) is 86.8 Å². The summed E-state index contributed by atoms with van der Waals surface area (Å²) in [5, 5.41) is 2.78. The highest BCUT2D eigenvalue weighted by Gasteiger charge is 2.43. The van der Waals surface area contributed by atoms with Crippen molar-refractivity contribution in [1.82, 2.24) is 5.32 Å². The maximum absolute atomic E-state index is 13.3. The Balaban J connectivity index is 2.06. The van der Waals surface area contributed by atoms with Crippen LogP contribution in [0, 0.1) is 13.8 Å². The molecule has 0 aliphatic carbocycles. The smallest absolute Gasteiger partial charge is 0.343 e. The van der Waals surface area contributed by atoms with Gasteiger partial charge in [-0.1, -0.05) is 43.2 Å². The molecule has 154 valence electrons. The number of urea groups is 1. The van der Waals surface area contributed by atoms with Gasteiger partial charge in [-0.15, -0.1) is 0 Å². The van der Waals surface area contributed by atoms with Crippen LogP contribution in [0.25, 0.3) is 0 Å². The molecule has 3 rings (SSSR count). The van der Waals surface area contributed by atoms with E-state index in [1.54, 1.807) is 37.3 Å². The van der Waals surface area contributed by atoms with Crippen molar-refractivity contribution < 1.29 is 18.0 Å². The maximum atomic E-state index is 13.3. The highest BCUT2D eigenvalue weighted by Crippen LogP contribution is 2.38. The van der Waals surface area contributed by atoms with Gasteiger partial charge in [-0.3, -0.25) is 9.69 Å². The summed E-state index contributed by atoms with van der Waals surface area (Å²) in [6, 6.07) is 10.7. The van der Waals surface area contributed by atoms with Crippen LogP contribution in [0.5, 0.6) is 0 Å². The number of benzene rings is 2. The molecule has 1 aliphatic rings. The van der Waals surface area contributed by atoms with E-state index in [-0.39, 0.29) is 28.7 Å². The van der Waals surface area contributed by atoms with E-state index in [2.05, 4.69) is 5.32 Å². The molecular weight excluding hydrogens is 390 g/mol. The number of anilines is 2. The SMILES string of the molecule is CCCCNC(=O)CN1C(=O)N(c2ccc(C)cc2C)S(=O)(=O)c2ccccc21. The number of nitrogens with zero attached hydrogens (tertiary/aromatic N) is 2. The number of hydrogen-bond acceptors (Lipinski definition) is 4. The molecule has 3 amide bonds. The van der Waals surface area contributed by atoms with Gasteiger partial charge < -0.3 is 5.32 Å². The monoisotopic (exact) mass is 415 g/mol. The standard InChI is InChI=1S/C21H25N3O4S/c1-4-5-12-22-20(25)14-23-18-8-6-7-9-19(18)29(27,28)24(21(23)26)17-11-10-15(2)13-16(17)3/h6-11,13H,4-5,12,14H2,1-3H3,(H,22,25). The molecular formula is C21H25N3O4S. The summed E-state index contributed by atoms with van der Waals surface area (Å²) in [5.41, 5.74) is 2.12. The van der Waals surface area contributed by atoms with Crippen LogP contribution in [0.3, 0.4) is 0 Å². The summed E-state index contributed by atoms with van der Waals surface area (Å²) in [6.45, 7) is 5.93. The zero-order chi connectivity index (χ0) is 21.2. The van der Waals surface area contributed by atoms with E-state index in [0.29, 0.717) is 12.1 Å². The van der Waals surface area contributed by atoms with Crippen LogP contribution in [0.4, 0.5) is 16.2 Å². The third-order valence-corrected chi connectivity index (χ3v) is 6.54. The highest BCUT2D eigenvalue weighted by molar-refractivity contribution is 7.94. The molecule has 0 atom stereocenters. The van der Waals surface area contributed by atoms with Crippen molar-refractivity contribution in [3.8, 4) is 0 Å². The fourth-order valence-corrected chi connectivity index (χ4v) is 4.99. The Bertz CT molecular complexity index is 1050. The number of amides is 3. The molecule has 0 unspecified atom stereocenters. The summed E-state index contributed by atoms with van der Waals surface area (Å²) in [5.74, 6) is -0.332. The van der Waals surface area contributed by atoms with Crippen molar-refractivity contribution in [2.24, 2.45) is 0 Å². The molecule has 0 fully saturated rings. The Morgan fingerprint density at radius 3 is 2.48 bits per heavy atom. The Morgan fingerprint density at radius 2 is 1.79 bits per heavy atom. The average molecular weight is 416 g/mol. The first-order valence-electron chi connectivity index (χ1n) is 9.57. The van der Waals surface area contributed by atoms with Crippen molar-refractivity contribution in [3.63, 3.8) is 0 Å². The third-order valence-electron chi connectivity index (χ3n) is 4.80. The average Bonchev–Trinajstić information content (AvgIpc) is 2.67. The molecule has 8 heteroatoms. The molecule has 0 spiro atoms. The molecule has 1 heterocycles. The first-order chi connectivity index (χ1) is 13.8. The van der Waals surface area contributed by atoms with Gasteiger partial charge in [-0.25, -0.2) is 13.2 Å². The third kappa shape index (κ3) is 3.98. The molecule has 2 aromatic carbocycles. The van der Waals surface area contributed by atoms with Crippen molar-refractivity contribution in [2.45, 2.75) is 38.5 Å². The largest absolute Gasteiger partial charge is 0.355 e. The lowest BCUT2D eigenvalue weighted by Crippen LogP contribution is -2.54. The van der Waals surface area contributed by atoms with E-state index in [1.807, 2.05) is 19.9 Å². The number of aryl methyl sites for hydroxylation is 2. The van der Waals surface area contributed by atoms with Crippen molar-refractivity contribution >= 4 is 33.3 Å². The summed E-state index contributed by atoms with van der Waals surface area (Å²) in [6.07, 6.45) is 1.77. The number of carbonyl (C=O) groups excluding carboxylic acids is 2. The zero-order valence-corrected chi connectivity index (χ0v) is 17.6. The molecule has 29 heavy (non-hydrogen) atoms. The van der Waals surface area contributed by atoms with Gasteiger partial charge in [0.15, 0.2) is 0 Å². The van der Waals surface area contributed by atoms with Crippen LogP contribution in [0.15, 0.2) is 47.4 Å². The van der Waals surface area contributed by atoms with Crippen LogP contribution in [0.1, 0.15) is 30.9 Å². The number of carbonyl (C=O) groups is 2. The Hall–Kier alpha value is -2.87. The second kappa shape index (κ2) is 8.24. The van der Waals surface area contributed by atoms with Crippen LogP contribution < -0.4 is 14.5 Å². The van der Waals surface area contributed by atoms with E-state index in [1.165, 1.54) is 11.0 Å². The molecule has 0 bridgehead atoms. The first kappa shape index (κ1) is 20.9. The number of sulfonamides is 1. The van der Waals surface area contributed by atoms with Gasteiger partial charge in [0.2, 0.25) is 5.91 Å². The lowest BCUT2D eigenvalue weighted by atomic mass is 10.1. The van der Waals surface area contributed by atoms with Gasteiger partial charge in [0.25, 0.3) is 10.0 Å². The van der Waals surface area contributed by atoms with E-state index in [9.17, 15) is 18.0 Å². The summed E-state index contributed by atoms with van der Waals surface area (Å²) in [4.78, 5) is 26.9. The number of rotatable bonds is 6. The van der Waals surface area contributed by atoms with Gasteiger partial charge in [-0.2, -0.15) is 4.31 Å². The van der Waals surface area contributed by atoms with Crippen molar-refractivity contribution in [2.75, 3.05) is 22.3 Å². The fourth-order valence-electron chi connectivity index (χ4n) is 3.33. The molecule has 0 saturated carbocycles. The maximum Gasteiger partial charge on any atom is 0.343 e. The van der Waals surface area contributed by atoms with Gasteiger partial charge in [-0.05, 0) is 44.0 Å². The predicted molar refractivity (Wildman–Crippen MR) is 113 cm³/mol. The van der Waals surface area contributed by atoms with Crippen LogP contribution >= 0.6 is 0 Å². The second-order valence-corrected chi connectivity index (χ2v) is 8.85. The van der Waals surface area contributed by atoms with Crippen molar-refractivity contribution in [1.29, 1.82) is 0 Å². The minimum atomic E-state index is -4.10. The quantitative estimate of drug-likeness (QED) is 0.733. The van der Waals surface area contributed by atoms with Crippen LogP contribution in [0.2, 0.25) is 0 Å². The summed E-state index contributed by atoms with van der Waals surface area (Å²) in [7, 11) is -4.10. The van der Waals surface area contributed by atoms with E-state index in [4.69, 9.17) is 0 Å². The Labute approximate surface area is 171 Å². The number of fused-ring (bicyclic) bond motifs is 1. The van der Waals surface area contributed by atoms with Crippen LogP contribution in [-0.4, -0.2) is 33.4 Å². The number of para-hydroxylation sites is 1. The zero-order valence-electron chi connectivity index (χ0n) is 16.8. The van der Waals surface area contributed by atoms with Crippen molar-refractivity contribution in [3.05, 3.63) is 53.6 Å². The molecule has 1 N–H and O–H groups in total. The van der Waals surface area contributed by atoms with E-state index >= 15 is 0 Å². The molecule has 1 aliphatic heterocycles. The number of unbranched alkanes of at least 4 members (excludes halogenated alkanes) is 1. The Kier molecular flexibility index (Phi) is 5.93. The molecule has 0 saturated heterocycles. The lowest BCUT2D eigenvalue weighted by molar-refractivity contribution is -0.119. The second-order valence-electron chi connectivity index (χ2n) is 7.10. The molecule has 0 aromatic heterocycles. The van der Waals surface area contributed by atoms with Gasteiger partial charge in [0, 0.05) is 6.54 Å². The van der Waals surface area contributed by atoms with Gasteiger partial charge in [0.05, 0.1) is 11.4 Å².